The number of ether oxygens (including phenoxy) is 2. The van der Waals surface area contributed by atoms with Gasteiger partial charge < -0.3 is 19.7 Å². The number of nitrogens with zero attached hydrogens (tertiary/aromatic N) is 3. The zero-order valence-electron chi connectivity index (χ0n) is 13.8. The molecule has 24 heavy (non-hydrogen) atoms. The first-order valence-electron chi connectivity index (χ1n) is 7.92. The summed E-state index contributed by atoms with van der Waals surface area (Å²) >= 11 is 0. The largest absolute Gasteiger partial charge is 0.380 e. The van der Waals surface area contributed by atoms with Crippen LogP contribution < -0.4 is 15.5 Å². The SMILES string of the molecule is COC(C)CNC(=O)Nc1cc2[nH]nc(N3CCOCC3)c2cn1. The van der Waals surface area contributed by atoms with Gasteiger partial charge in [-0.1, -0.05) is 0 Å². The molecule has 2 aromatic heterocycles. The van der Waals surface area contributed by atoms with Crippen molar-refractivity contribution in [2.45, 2.75) is 13.0 Å². The molecule has 3 N–H and O–H groups in total. The van der Waals surface area contributed by atoms with Crippen LogP contribution in [-0.2, 0) is 9.47 Å². The summed E-state index contributed by atoms with van der Waals surface area (Å²) in [6.45, 7) is 5.31. The molecule has 0 radical (unpaired) electrons. The Kier molecular flexibility index (Phi) is 5.11. The van der Waals surface area contributed by atoms with Crippen molar-refractivity contribution in [3.63, 3.8) is 0 Å². The Labute approximate surface area is 139 Å². The number of morpholine rings is 1. The number of aromatic amines is 1. The molecule has 0 saturated carbocycles. The molecule has 2 amide bonds. The maximum atomic E-state index is 11.9. The lowest BCUT2D eigenvalue weighted by molar-refractivity contribution is 0.119. The van der Waals surface area contributed by atoms with Gasteiger partial charge in [-0.25, -0.2) is 9.78 Å². The summed E-state index contributed by atoms with van der Waals surface area (Å²) in [6, 6.07) is 1.45. The molecule has 1 atom stereocenters. The number of hydrogen-bond donors (Lipinski definition) is 3. The summed E-state index contributed by atoms with van der Waals surface area (Å²) in [7, 11) is 1.60. The first-order chi connectivity index (χ1) is 11.7. The van der Waals surface area contributed by atoms with Crippen LogP contribution in [0.3, 0.4) is 0 Å². The van der Waals surface area contributed by atoms with Gasteiger partial charge in [0.25, 0.3) is 0 Å². The molecule has 1 unspecified atom stereocenters. The Morgan fingerprint density at radius 2 is 2.29 bits per heavy atom. The number of anilines is 2. The maximum Gasteiger partial charge on any atom is 0.320 e. The van der Waals surface area contributed by atoms with Crippen molar-refractivity contribution in [1.29, 1.82) is 0 Å². The van der Waals surface area contributed by atoms with Crippen molar-refractivity contribution in [3.05, 3.63) is 12.3 Å². The minimum atomic E-state index is -0.321. The summed E-state index contributed by atoms with van der Waals surface area (Å²) in [5.41, 5.74) is 0.826. The van der Waals surface area contributed by atoms with E-state index in [2.05, 4.69) is 30.7 Å². The van der Waals surface area contributed by atoms with E-state index in [1.807, 2.05) is 6.92 Å². The number of amides is 2. The number of fused-ring (bicyclic) bond motifs is 1. The molecule has 1 saturated heterocycles. The number of hydrogen-bond acceptors (Lipinski definition) is 6. The highest BCUT2D eigenvalue weighted by molar-refractivity contribution is 5.94. The fourth-order valence-electron chi connectivity index (χ4n) is 2.46. The van der Waals surface area contributed by atoms with Gasteiger partial charge in [-0.2, -0.15) is 5.10 Å². The maximum absolute atomic E-state index is 11.9. The molecular weight excluding hydrogens is 312 g/mol. The quantitative estimate of drug-likeness (QED) is 0.752. The second-order valence-electron chi connectivity index (χ2n) is 5.64. The molecule has 0 bridgehead atoms. The Hall–Kier alpha value is -2.39. The van der Waals surface area contributed by atoms with Crippen molar-refractivity contribution in [2.24, 2.45) is 0 Å². The average molecular weight is 334 g/mol. The summed E-state index contributed by atoms with van der Waals surface area (Å²) < 4.78 is 10.4. The first-order valence-corrected chi connectivity index (χ1v) is 7.92. The molecule has 130 valence electrons. The monoisotopic (exact) mass is 334 g/mol. The molecule has 9 heteroatoms. The molecule has 9 nitrogen and oxygen atoms in total. The third kappa shape index (κ3) is 3.74. The van der Waals surface area contributed by atoms with Crippen LogP contribution in [0, 0.1) is 0 Å². The number of aromatic nitrogens is 3. The van der Waals surface area contributed by atoms with Crippen LogP contribution in [-0.4, -0.2) is 67.3 Å². The lowest BCUT2D eigenvalue weighted by Crippen LogP contribution is -2.36. The smallest absolute Gasteiger partial charge is 0.320 e. The van der Waals surface area contributed by atoms with Crippen LogP contribution >= 0.6 is 0 Å². The Balaban J connectivity index is 1.67. The van der Waals surface area contributed by atoms with Crippen molar-refractivity contribution in [2.75, 3.05) is 50.2 Å². The normalized spacial score (nSPS) is 16.2. The van der Waals surface area contributed by atoms with E-state index in [9.17, 15) is 4.79 Å². The van der Waals surface area contributed by atoms with Crippen molar-refractivity contribution < 1.29 is 14.3 Å². The van der Waals surface area contributed by atoms with Gasteiger partial charge in [0.15, 0.2) is 5.82 Å². The Morgan fingerprint density at radius 3 is 3.04 bits per heavy atom. The summed E-state index contributed by atoms with van der Waals surface area (Å²) in [4.78, 5) is 18.3. The standard InChI is InChI=1S/C15H22N6O3/c1-10(23-2)8-17-15(22)18-13-7-12-11(9-16-13)14(20-19-12)21-3-5-24-6-4-21/h7,9-10H,3-6,8H2,1-2H3,(H,19,20)(H2,16,17,18,22). The number of carbonyl (C=O) groups excluding carboxylic acids is 1. The van der Waals surface area contributed by atoms with Crippen LogP contribution in [0.1, 0.15) is 6.92 Å². The second-order valence-corrected chi connectivity index (χ2v) is 5.64. The highest BCUT2D eigenvalue weighted by atomic mass is 16.5. The van der Waals surface area contributed by atoms with E-state index < -0.39 is 0 Å². The number of nitrogens with one attached hydrogen (secondary N) is 3. The van der Waals surface area contributed by atoms with Gasteiger partial charge in [-0.05, 0) is 6.92 Å². The van der Waals surface area contributed by atoms with E-state index in [0.717, 1.165) is 29.8 Å². The molecule has 1 fully saturated rings. The fraction of sp³-hybridized carbons (Fsp3) is 0.533. The molecule has 2 aromatic rings. The topological polar surface area (TPSA) is 104 Å². The zero-order chi connectivity index (χ0) is 16.9. The number of rotatable bonds is 5. The summed E-state index contributed by atoms with van der Waals surface area (Å²) in [5.74, 6) is 1.33. The van der Waals surface area contributed by atoms with Crippen molar-refractivity contribution in [1.82, 2.24) is 20.5 Å². The number of carbonyl (C=O) groups is 1. The van der Waals surface area contributed by atoms with Crippen LogP contribution in [0.25, 0.3) is 10.9 Å². The highest BCUT2D eigenvalue weighted by Crippen LogP contribution is 2.25. The van der Waals surface area contributed by atoms with Gasteiger partial charge in [0.2, 0.25) is 0 Å². The Morgan fingerprint density at radius 1 is 1.50 bits per heavy atom. The fourth-order valence-corrected chi connectivity index (χ4v) is 2.46. The molecule has 0 spiro atoms. The lowest BCUT2D eigenvalue weighted by atomic mass is 10.3. The van der Waals surface area contributed by atoms with Gasteiger partial charge >= 0.3 is 6.03 Å². The third-order valence-electron chi connectivity index (χ3n) is 3.93. The average Bonchev–Trinajstić information content (AvgIpc) is 3.03. The molecule has 1 aliphatic heterocycles. The minimum Gasteiger partial charge on any atom is -0.380 e. The van der Waals surface area contributed by atoms with Gasteiger partial charge in [0.05, 0.1) is 30.2 Å². The number of urea groups is 1. The van der Waals surface area contributed by atoms with E-state index in [1.165, 1.54) is 0 Å². The van der Waals surface area contributed by atoms with Crippen LogP contribution in [0.4, 0.5) is 16.4 Å². The number of H-pyrrole nitrogens is 1. The molecule has 3 heterocycles. The van der Waals surface area contributed by atoms with E-state index in [1.54, 1.807) is 19.4 Å². The molecule has 0 aromatic carbocycles. The summed E-state index contributed by atoms with van der Waals surface area (Å²) in [5, 5.41) is 13.7. The van der Waals surface area contributed by atoms with Gasteiger partial charge in [-0.3, -0.25) is 10.4 Å². The first kappa shape index (κ1) is 16.5. The van der Waals surface area contributed by atoms with Gasteiger partial charge in [0.1, 0.15) is 5.82 Å². The highest BCUT2D eigenvalue weighted by Gasteiger charge is 2.17. The van der Waals surface area contributed by atoms with Crippen molar-refractivity contribution in [3.8, 4) is 0 Å². The minimum absolute atomic E-state index is 0.0464. The third-order valence-corrected chi connectivity index (χ3v) is 3.93. The van der Waals surface area contributed by atoms with Crippen LogP contribution in [0.15, 0.2) is 12.3 Å². The second kappa shape index (κ2) is 7.45. The zero-order valence-corrected chi connectivity index (χ0v) is 13.8. The van der Waals surface area contributed by atoms with E-state index in [-0.39, 0.29) is 12.1 Å². The Bertz CT molecular complexity index is 698. The van der Waals surface area contributed by atoms with Gasteiger partial charge in [0, 0.05) is 39.0 Å². The van der Waals surface area contributed by atoms with E-state index in [0.29, 0.717) is 25.6 Å². The van der Waals surface area contributed by atoms with Crippen molar-refractivity contribution >= 4 is 28.6 Å². The molecule has 3 rings (SSSR count). The molecule has 0 aliphatic carbocycles. The molecular formula is C15H22N6O3. The lowest BCUT2D eigenvalue weighted by Gasteiger charge is -2.26. The predicted molar refractivity (Wildman–Crippen MR) is 90.4 cm³/mol. The number of pyridine rings is 1. The van der Waals surface area contributed by atoms with Crippen LogP contribution in [0.5, 0.6) is 0 Å². The van der Waals surface area contributed by atoms with E-state index in [4.69, 9.17) is 9.47 Å². The summed E-state index contributed by atoms with van der Waals surface area (Å²) in [6.07, 6.45) is 1.67. The van der Waals surface area contributed by atoms with E-state index >= 15 is 0 Å². The van der Waals surface area contributed by atoms with Gasteiger partial charge in [-0.15, -0.1) is 0 Å². The molecule has 1 aliphatic rings. The number of methoxy groups -OCH3 is 1. The predicted octanol–water partition coefficient (Wildman–Crippen LogP) is 0.951. The van der Waals surface area contributed by atoms with Crippen LogP contribution in [0.2, 0.25) is 0 Å².